The Hall–Kier alpha value is -1.91. The fourth-order valence-corrected chi connectivity index (χ4v) is 5.82. The van der Waals surface area contributed by atoms with Gasteiger partial charge in [-0.25, -0.2) is 0 Å². The summed E-state index contributed by atoms with van der Waals surface area (Å²) in [5.74, 6) is -0.0718. The van der Waals surface area contributed by atoms with Crippen molar-refractivity contribution in [3.8, 4) is 0 Å². The maximum absolute atomic E-state index is 13.4. The minimum atomic E-state index is -0.566. The minimum Gasteiger partial charge on any atom is -0.379 e. The van der Waals surface area contributed by atoms with Crippen molar-refractivity contribution in [3.05, 3.63) is 40.2 Å². The number of nitrogens with zero attached hydrogens (tertiary/aromatic N) is 3. The van der Waals surface area contributed by atoms with Crippen molar-refractivity contribution in [1.82, 2.24) is 19.7 Å². The normalized spacial score (nSPS) is 21.0. The molecule has 0 spiro atoms. The summed E-state index contributed by atoms with van der Waals surface area (Å²) in [6, 6.07) is 7.86. The van der Waals surface area contributed by atoms with E-state index >= 15 is 0 Å². The van der Waals surface area contributed by atoms with Gasteiger partial charge in [0.1, 0.15) is 11.4 Å². The molecule has 33 heavy (non-hydrogen) atoms. The average molecular weight is 475 g/mol. The van der Waals surface area contributed by atoms with Crippen LogP contribution in [-0.4, -0.2) is 92.2 Å². The van der Waals surface area contributed by atoms with Gasteiger partial charge in [0.05, 0.1) is 30.9 Å². The lowest BCUT2D eigenvalue weighted by atomic mass is 10.0. The standard InChI is InChI=1S/C24H34N4O4S/c1-26(2)10-6-9-25-23(29)22-20(32-16-13-28-11-14-31-15-12-28)19-21(33-22)17-7-4-5-8-18(17)27(3)24(19)30/h4-5,7-8,20,22H,6,9-16H2,1-3H3,(H,25,29). The highest BCUT2D eigenvalue weighted by molar-refractivity contribution is 8.01. The van der Waals surface area contributed by atoms with Crippen LogP contribution in [0.15, 0.2) is 34.0 Å². The quantitative estimate of drug-likeness (QED) is 0.552. The number of benzene rings is 1. The van der Waals surface area contributed by atoms with Gasteiger partial charge in [-0.2, -0.15) is 0 Å². The van der Waals surface area contributed by atoms with Crippen LogP contribution in [0.25, 0.3) is 10.9 Å². The summed E-state index contributed by atoms with van der Waals surface area (Å²) in [7, 11) is 5.82. The van der Waals surface area contributed by atoms with E-state index in [2.05, 4.69) is 15.1 Å². The topological polar surface area (TPSA) is 76.0 Å². The maximum Gasteiger partial charge on any atom is 0.257 e. The summed E-state index contributed by atoms with van der Waals surface area (Å²) in [4.78, 5) is 31.8. The Morgan fingerprint density at radius 3 is 2.79 bits per heavy atom. The van der Waals surface area contributed by atoms with Gasteiger partial charge in [0, 0.05) is 43.5 Å². The summed E-state index contributed by atoms with van der Waals surface area (Å²) in [6.07, 6.45) is 0.305. The van der Waals surface area contributed by atoms with Gasteiger partial charge in [-0.05, 0) is 33.1 Å². The highest BCUT2D eigenvalue weighted by atomic mass is 32.2. The van der Waals surface area contributed by atoms with Crippen molar-refractivity contribution in [1.29, 1.82) is 0 Å². The number of aryl methyl sites for hydroxylation is 1. The van der Waals surface area contributed by atoms with E-state index < -0.39 is 11.4 Å². The number of carbonyl (C=O) groups excluding carboxylic acids is 1. The highest BCUT2D eigenvalue weighted by Gasteiger charge is 2.42. The van der Waals surface area contributed by atoms with Crippen LogP contribution in [0.1, 0.15) is 18.1 Å². The molecule has 0 bridgehead atoms. The number of ether oxygens (including phenoxy) is 2. The molecule has 1 aromatic carbocycles. The molecule has 0 saturated carbocycles. The lowest BCUT2D eigenvalue weighted by molar-refractivity contribution is -0.123. The zero-order chi connectivity index (χ0) is 23.4. The first-order valence-corrected chi connectivity index (χ1v) is 12.5. The number of para-hydroxylation sites is 1. The zero-order valence-corrected chi connectivity index (χ0v) is 20.5. The molecule has 2 aliphatic rings. The number of amides is 1. The van der Waals surface area contributed by atoms with Crippen LogP contribution in [0.4, 0.5) is 0 Å². The van der Waals surface area contributed by atoms with Crippen LogP contribution in [-0.2, 0) is 21.3 Å². The van der Waals surface area contributed by atoms with E-state index in [0.717, 1.165) is 61.6 Å². The van der Waals surface area contributed by atoms with Gasteiger partial charge in [-0.1, -0.05) is 18.2 Å². The number of carbonyl (C=O) groups is 1. The second-order valence-corrected chi connectivity index (χ2v) is 10.0. The number of rotatable bonds is 9. The van der Waals surface area contributed by atoms with Crippen LogP contribution in [0.3, 0.4) is 0 Å². The van der Waals surface area contributed by atoms with Gasteiger partial charge in [0.2, 0.25) is 5.91 Å². The molecule has 1 amide bonds. The van der Waals surface area contributed by atoms with E-state index in [4.69, 9.17) is 9.47 Å². The van der Waals surface area contributed by atoms with E-state index in [9.17, 15) is 9.59 Å². The third kappa shape index (κ3) is 5.44. The fourth-order valence-electron chi connectivity index (χ4n) is 4.41. The second kappa shape index (κ2) is 11.0. The van der Waals surface area contributed by atoms with Gasteiger partial charge in [0.15, 0.2) is 0 Å². The molecule has 0 radical (unpaired) electrons. The highest BCUT2D eigenvalue weighted by Crippen LogP contribution is 2.47. The van der Waals surface area contributed by atoms with Gasteiger partial charge >= 0.3 is 0 Å². The Kier molecular flexibility index (Phi) is 8.08. The van der Waals surface area contributed by atoms with Crippen LogP contribution < -0.4 is 10.9 Å². The van der Waals surface area contributed by atoms with Gasteiger partial charge in [-0.15, -0.1) is 11.8 Å². The molecule has 3 heterocycles. The molecule has 2 unspecified atom stereocenters. The van der Waals surface area contributed by atoms with Crippen molar-refractivity contribution in [2.45, 2.75) is 22.7 Å². The Morgan fingerprint density at radius 1 is 1.27 bits per heavy atom. The smallest absolute Gasteiger partial charge is 0.257 e. The Bertz CT molecular complexity index is 1040. The minimum absolute atomic E-state index is 0.0718. The van der Waals surface area contributed by atoms with E-state index in [1.165, 1.54) is 11.8 Å². The number of thioether (sulfide) groups is 1. The predicted molar refractivity (Wildman–Crippen MR) is 131 cm³/mol. The molecule has 4 rings (SSSR count). The summed E-state index contributed by atoms with van der Waals surface area (Å²) in [6.45, 7) is 5.94. The maximum atomic E-state index is 13.4. The van der Waals surface area contributed by atoms with E-state index in [1.807, 2.05) is 38.4 Å². The summed E-state index contributed by atoms with van der Waals surface area (Å²) >= 11 is 1.46. The lowest BCUT2D eigenvalue weighted by Gasteiger charge is -2.27. The first kappa shape index (κ1) is 24.2. The van der Waals surface area contributed by atoms with Crippen molar-refractivity contribution in [3.63, 3.8) is 0 Å². The van der Waals surface area contributed by atoms with Gasteiger partial charge in [-0.3, -0.25) is 14.5 Å². The largest absolute Gasteiger partial charge is 0.379 e. The summed E-state index contributed by atoms with van der Waals surface area (Å²) in [5.41, 5.74) is 1.39. The number of pyridine rings is 1. The molecule has 1 N–H and O–H groups in total. The predicted octanol–water partition coefficient (Wildman–Crippen LogP) is 1.47. The number of nitrogens with one attached hydrogen (secondary N) is 1. The summed E-state index contributed by atoms with van der Waals surface area (Å²) < 4.78 is 13.4. The monoisotopic (exact) mass is 474 g/mol. The number of aromatic nitrogens is 1. The Labute approximate surface area is 199 Å². The zero-order valence-electron chi connectivity index (χ0n) is 19.7. The molecule has 1 aromatic heterocycles. The number of morpholine rings is 1. The average Bonchev–Trinajstić information content (AvgIpc) is 3.20. The molecule has 180 valence electrons. The third-order valence-electron chi connectivity index (χ3n) is 6.24. The van der Waals surface area contributed by atoms with Crippen molar-refractivity contribution in [2.24, 2.45) is 7.05 Å². The number of fused-ring (bicyclic) bond motifs is 3. The first-order valence-electron chi connectivity index (χ1n) is 11.6. The molecule has 2 atom stereocenters. The summed E-state index contributed by atoms with van der Waals surface area (Å²) in [5, 5.41) is 3.57. The third-order valence-corrected chi connectivity index (χ3v) is 7.63. The van der Waals surface area contributed by atoms with Crippen LogP contribution in [0.2, 0.25) is 0 Å². The SMILES string of the molecule is CN(C)CCCNC(=O)C1Sc2c(c(=O)n(C)c3ccccc23)C1OCCN1CCOCC1. The molecule has 0 aliphatic carbocycles. The van der Waals surface area contributed by atoms with E-state index in [-0.39, 0.29) is 11.5 Å². The Balaban J connectivity index is 1.56. The van der Waals surface area contributed by atoms with Crippen molar-refractivity contribution < 1.29 is 14.3 Å². The van der Waals surface area contributed by atoms with Gasteiger partial charge < -0.3 is 24.3 Å². The molecule has 8 nitrogen and oxygen atoms in total. The second-order valence-electron chi connectivity index (χ2n) is 8.86. The number of hydrogen-bond donors (Lipinski definition) is 1. The first-order chi connectivity index (χ1) is 16.0. The van der Waals surface area contributed by atoms with E-state index in [0.29, 0.717) is 18.7 Å². The van der Waals surface area contributed by atoms with Crippen molar-refractivity contribution in [2.75, 3.05) is 66.6 Å². The number of hydrogen-bond acceptors (Lipinski definition) is 7. The lowest BCUT2D eigenvalue weighted by Crippen LogP contribution is -2.40. The van der Waals surface area contributed by atoms with Crippen LogP contribution in [0.5, 0.6) is 0 Å². The molecule has 2 aliphatic heterocycles. The molecular weight excluding hydrogens is 440 g/mol. The molecule has 9 heteroatoms. The van der Waals surface area contributed by atoms with Crippen molar-refractivity contribution >= 4 is 28.6 Å². The molecule has 1 fully saturated rings. The molecular formula is C24H34N4O4S. The van der Waals surface area contributed by atoms with E-state index in [1.54, 1.807) is 11.6 Å². The molecule has 1 saturated heterocycles. The fraction of sp³-hybridized carbons (Fsp3) is 0.583. The van der Waals surface area contributed by atoms with Gasteiger partial charge in [0.25, 0.3) is 5.56 Å². The van der Waals surface area contributed by atoms with Crippen LogP contribution >= 0.6 is 11.8 Å². The molecule has 2 aromatic rings. The van der Waals surface area contributed by atoms with Crippen LogP contribution in [0, 0.1) is 0 Å². The Morgan fingerprint density at radius 2 is 2.03 bits per heavy atom.